The smallest absolute Gasteiger partial charge is 0.419 e. The first-order valence-corrected chi connectivity index (χ1v) is 8.41. The molecule has 0 amide bonds. The summed E-state index contributed by atoms with van der Waals surface area (Å²) in [5, 5.41) is 13.8. The second kappa shape index (κ2) is 7.86. The molecule has 0 aliphatic heterocycles. The minimum atomic E-state index is -4.82. The van der Waals surface area contributed by atoms with E-state index in [-0.39, 0.29) is 23.2 Å². The standard InChI is InChI=1S/C20H14F4N2O3/c21-18-12(5-3-9-15(18)20(22,23)24)6-4-10-26-19(29)14-8-2-1-7-13(14)16(25-26)11-17(27)28/h1-9H,10-11H2,(H,27,28)/b6-4+. The van der Waals surface area contributed by atoms with Gasteiger partial charge < -0.3 is 5.11 Å². The van der Waals surface area contributed by atoms with Crippen molar-refractivity contribution in [2.45, 2.75) is 19.1 Å². The highest BCUT2D eigenvalue weighted by atomic mass is 19.4. The quantitative estimate of drug-likeness (QED) is 0.653. The molecule has 0 aliphatic rings. The fourth-order valence-corrected chi connectivity index (χ4v) is 2.88. The van der Waals surface area contributed by atoms with Crippen molar-refractivity contribution in [3.8, 4) is 0 Å². The summed E-state index contributed by atoms with van der Waals surface area (Å²) in [7, 11) is 0. The number of alkyl halides is 3. The van der Waals surface area contributed by atoms with E-state index in [9.17, 15) is 27.2 Å². The van der Waals surface area contributed by atoms with Gasteiger partial charge in [0.05, 0.1) is 29.6 Å². The molecule has 0 radical (unpaired) electrons. The zero-order valence-electron chi connectivity index (χ0n) is 14.8. The highest BCUT2D eigenvalue weighted by Gasteiger charge is 2.34. The number of hydrogen-bond donors (Lipinski definition) is 1. The highest BCUT2D eigenvalue weighted by molar-refractivity contribution is 5.86. The second-order valence-corrected chi connectivity index (χ2v) is 6.16. The van der Waals surface area contributed by atoms with E-state index >= 15 is 0 Å². The van der Waals surface area contributed by atoms with Crippen molar-refractivity contribution in [2.24, 2.45) is 0 Å². The molecule has 0 aliphatic carbocycles. The third-order valence-corrected chi connectivity index (χ3v) is 4.17. The largest absolute Gasteiger partial charge is 0.481 e. The topological polar surface area (TPSA) is 72.2 Å². The van der Waals surface area contributed by atoms with Crippen molar-refractivity contribution < 1.29 is 27.5 Å². The van der Waals surface area contributed by atoms with Crippen LogP contribution in [0.25, 0.3) is 16.8 Å². The molecule has 1 aromatic heterocycles. The number of benzene rings is 2. The van der Waals surface area contributed by atoms with Gasteiger partial charge in [-0.25, -0.2) is 9.07 Å². The molecule has 1 heterocycles. The van der Waals surface area contributed by atoms with Crippen LogP contribution in [-0.2, 0) is 23.9 Å². The summed E-state index contributed by atoms with van der Waals surface area (Å²) >= 11 is 0. The number of fused-ring (bicyclic) bond motifs is 1. The molecule has 29 heavy (non-hydrogen) atoms. The molecule has 9 heteroatoms. The van der Waals surface area contributed by atoms with E-state index in [1.54, 1.807) is 18.2 Å². The predicted molar refractivity (Wildman–Crippen MR) is 97.8 cm³/mol. The highest BCUT2D eigenvalue weighted by Crippen LogP contribution is 2.32. The van der Waals surface area contributed by atoms with E-state index in [0.717, 1.165) is 16.8 Å². The van der Waals surface area contributed by atoms with Crippen LogP contribution in [0.3, 0.4) is 0 Å². The molecular formula is C20H14F4N2O3. The lowest BCUT2D eigenvalue weighted by atomic mass is 10.1. The van der Waals surface area contributed by atoms with E-state index in [0.29, 0.717) is 11.5 Å². The third-order valence-electron chi connectivity index (χ3n) is 4.17. The second-order valence-electron chi connectivity index (χ2n) is 6.16. The van der Waals surface area contributed by atoms with Gasteiger partial charge in [-0.3, -0.25) is 9.59 Å². The summed E-state index contributed by atoms with van der Waals surface area (Å²) in [6.45, 7) is -0.175. The number of halogens is 4. The molecule has 0 atom stereocenters. The van der Waals surface area contributed by atoms with Gasteiger partial charge in [-0.15, -0.1) is 0 Å². The third kappa shape index (κ3) is 4.34. The molecule has 0 spiro atoms. The average Bonchev–Trinajstić information content (AvgIpc) is 2.65. The van der Waals surface area contributed by atoms with Gasteiger partial charge in [0.15, 0.2) is 0 Å². The molecule has 1 N–H and O–H groups in total. The van der Waals surface area contributed by atoms with Crippen LogP contribution in [0.5, 0.6) is 0 Å². The van der Waals surface area contributed by atoms with E-state index in [4.69, 9.17) is 5.11 Å². The Balaban J connectivity index is 1.96. The number of aliphatic carboxylic acids is 1. The number of carboxylic acids is 1. The first kappa shape index (κ1) is 20.2. The number of rotatable bonds is 5. The summed E-state index contributed by atoms with van der Waals surface area (Å²) in [6.07, 6.45) is -2.83. The average molecular weight is 406 g/mol. The number of aromatic nitrogens is 2. The molecule has 2 aromatic carbocycles. The Morgan fingerprint density at radius 3 is 2.45 bits per heavy atom. The lowest BCUT2D eigenvalue weighted by molar-refractivity contribution is -0.140. The number of hydrogen-bond acceptors (Lipinski definition) is 3. The molecule has 0 saturated heterocycles. The minimum Gasteiger partial charge on any atom is -0.481 e. The number of carbonyl (C=O) groups is 1. The molecule has 0 saturated carbocycles. The molecule has 3 rings (SSSR count). The zero-order valence-corrected chi connectivity index (χ0v) is 14.8. The molecule has 150 valence electrons. The van der Waals surface area contributed by atoms with Crippen LogP contribution in [-0.4, -0.2) is 20.9 Å². The number of nitrogens with zero attached hydrogens (tertiary/aromatic N) is 2. The normalized spacial score (nSPS) is 12.0. The summed E-state index contributed by atoms with van der Waals surface area (Å²) in [5.41, 5.74) is -2.00. The predicted octanol–water partition coefficient (Wildman–Crippen LogP) is 3.89. The van der Waals surface area contributed by atoms with E-state index in [2.05, 4.69) is 5.10 Å². The maximum atomic E-state index is 14.1. The Bertz CT molecular complexity index is 1170. The Morgan fingerprint density at radius 1 is 1.10 bits per heavy atom. The van der Waals surface area contributed by atoms with Gasteiger partial charge in [0.1, 0.15) is 5.82 Å². The monoisotopic (exact) mass is 406 g/mol. The molecular weight excluding hydrogens is 392 g/mol. The van der Waals surface area contributed by atoms with Crippen LogP contribution in [0.1, 0.15) is 16.8 Å². The van der Waals surface area contributed by atoms with Crippen LogP contribution in [0, 0.1) is 5.82 Å². The van der Waals surface area contributed by atoms with Gasteiger partial charge in [0.25, 0.3) is 5.56 Å². The summed E-state index contributed by atoms with van der Waals surface area (Å²) in [5.74, 6) is -2.55. The van der Waals surface area contributed by atoms with Crippen LogP contribution in [0.4, 0.5) is 17.6 Å². The van der Waals surface area contributed by atoms with Crippen molar-refractivity contribution in [1.82, 2.24) is 9.78 Å². The van der Waals surface area contributed by atoms with Gasteiger partial charge in [0.2, 0.25) is 0 Å². The lowest BCUT2D eigenvalue weighted by Gasteiger charge is -2.10. The maximum absolute atomic E-state index is 14.1. The van der Waals surface area contributed by atoms with Crippen molar-refractivity contribution in [2.75, 3.05) is 0 Å². The Labute approximate surface area is 161 Å². The summed E-state index contributed by atoms with van der Waals surface area (Å²) < 4.78 is 53.5. The molecule has 0 unspecified atom stereocenters. The van der Waals surface area contributed by atoms with Crippen molar-refractivity contribution in [3.63, 3.8) is 0 Å². The van der Waals surface area contributed by atoms with Crippen molar-refractivity contribution in [1.29, 1.82) is 0 Å². The van der Waals surface area contributed by atoms with E-state index in [1.807, 2.05) is 0 Å². The first-order chi connectivity index (χ1) is 13.7. The van der Waals surface area contributed by atoms with Crippen LogP contribution < -0.4 is 5.56 Å². The van der Waals surface area contributed by atoms with Gasteiger partial charge in [-0.05, 0) is 12.1 Å². The minimum absolute atomic E-state index is 0.173. The van der Waals surface area contributed by atoms with Crippen LogP contribution in [0.15, 0.2) is 53.3 Å². The zero-order chi connectivity index (χ0) is 21.2. The van der Waals surface area contributed by atoms with Gasteiger partial charge in [-0.1, -0.05) is 42.5 Å². The molecule has 3 aromatic rings. The number of carboxylic acid groups (broad SMARTS) is 1. The molecule has 0 bridgehead atoms. The van der Waals surface area contributed by atoms with Crippen LogP contribution >= 0.6 is 0 Å². The summed E-state index contributed by atoms with van der Waals surface area (Å²) in [4.78, 5) is 23.6. The summed E-state index contributed by atoms with van der Waals surface area (Å²) in [6, 6.07) is 9.27. The Kier molecular flexibility index (Phi) is 5.49. The molecule has 5 nitrogen and oxygen atoms in total. The fraction of sp³-hybridized carbons (Fsp3) is 0.150. The first-order valence-electron chi connectivity index (χ1n) is 8.41. The molecule has 0 fully saturated rings. The van der Waals surface area contributed by atoms with Gasteiger partial charge in [0, 0.05) is 10.9 Å². The number of allylic oxidation sites excluding steroid dienone is 1. The lowest BCUT2D eigenvalue weighted by Crippen LogP contribution is -2.25. The van der Waals surface area contributed by atoms with Gasteiger partial charge >= 0.3 is 12.1 Å². The maximum Gasteiger partial charge on any atom is 0.419 e. The van der Waals surface area contributed by atoms with Crippen molar-refractivity contribution in [3.05, 3.63) is 81.5 Å². The van der Waals surface area contributed by atoms with Gasteiger partial charge in [-0.2, -0.15) is 18.3 Å². The van der Waals surface area contributed by atoms with Crippen molar-refractivity contribution >= 4 is 22.8 Å². The SMILES string of the molecule is O=C(O)Cc1nn(C/C=C/c2cccc(C(F)(F)F)c2F)c(=O)c2ccccc12. The fourth-order valence-electron chi connectivity index (χ4n) is 2.88. The van der Waals surface area contributed by atoms with E-state index < -0.39 is 35.5 Å². The van der Waals surface area contributed by atoms with Crippen LogP contribution in [0.2, 0.25) is 0 Å². The Morgan fingerprint density at radius 2 is 1.79 bits per heavy atom. The van der Waals surface area contributed by atoms with E-state index in [1.165, 1.54) is 18.2 Å². The Hall–Kier alpha value is -3.49.